The van der Waals surface area contributed by atoms with Crippen molar-refractivity contribution >= 4 is 39.8 Å². The molecule has 1 aromatic heterocycles. The molecule has 25 heavy (non-hydrogen) atoms. The summed E-state index contributed by atoms with van der Waals surface area (Å²) in [5.41, 5.74) is 2.58. The van der Waals surface area contributed by atoms with E-state index >= 15 is 0 Å². The lowest BCUT2D eigenvalue weighted by atomic mass is 10.1. The topological polar surface area (TPSA) is 68.3 Å². The minimum atomic E-state index is -0.143. The Balaban J connectivity index is 1.79. The SMILES string of the molecule is CC(=O)c1sc(NC(=O)CCCOc2cc(C)c(Cl)c(C)c2)nc1C. The van der Waals surface area contributed by atoms with Gasteiger partial charge in [0.25, 0.3) is 0 Å². The molecule has 2 aromatic rings. The molecule has 134 valence electrons. The van der Waals surface area contributed by atoms with Crippen LogP contribution in [0, 0.1) is 20.8 Å². The third-order valence-corrected chi connectivity index (χ3v) is 5.36. The Morgan fingerprint density at radius 2 is 1.88 bits per heavy atom. The van der Waals surface area contributed by atoms with Crippen molar-refractivity contribution in [1.82, 2.24) is 4.98 Å². The third-order valence-electron chi connectivity index (χ3n) is 3.59. The number of hydrogen-bond donors (Lipinski definition) is 1. The van der Waals surface area contributed by atoms with Crippen molar-refractivity contribution in [2.45, 2.75) is 40.5 Å². The average molecular weight is 381 g/mol. The first-order valence-electron chi connectivity index (χ1n) is 7.95. The quantitative estimate of drug-likeness (QED) is 0.557. The first-order chi connectivity index (χ1) is 11.8. The minimum absolute atomic E-state index is 0.0440. The highest BCUT2D eigenvalue weighted by atomic mass is 35.5. The van der Waals surface area contributed by atoms with E-state index in [2.05, 4.69) is 10.3 Å². The number of ketones is 1. The van der Waals surface area contributed by atoms with E-state index in [-0.39, 0.29) is 11.7 Å². The van der Waals surface area contributed by atoms with Gasteiger partial charge in [-0.15, -0.1) is 0 Å². The summed E-state index contributed by atoms with van der Waals surface area (Å²) in [4.78, 5) is 28.2. The number of rotatable bonds is 7. The molecule has 7 heteroatoms. The van der Waals surface area contributed by atoms with Gasteiger partial charge in [0.1, 0.15) is 5.75 Å². The summed E-state index contributed by atoms with van der Waals surface area (Å²) in [7, 11) is 0. The Bertz CT molecular complexity index is 779. The van der Waals surface area contributed by atoms with Crippen molar-refractivity contribution in [3.05, 3.63) is 38.9 Å². The van der Waals surface area contributed by atoms with Crippen LogP contribution in [0.1, 0.15) is 46.3 Å². The summed E-state index contributed by atoms with van der Waals surface area (Å²) in [5.74, 6) is 0.565. The van der Waals surface area contributed by atoms with E-state index in [1.807, 2.05) is 26.0 Å². The van der Waals surface area contributed by atoms with Crippen molar-refractivity contribution in [1.29, 1.82) is 0 Å². The second-order valence-corrected chi connectivity index (χ2v) is 7.24. The molecular weight excluding hydrogens is 360 g/mol. The lowest BCUT2D eigenvalue weighted by Gasteiger charge is -2.09. The fourth-order valence-electron chi connectivity index (χ4n) is 2.37. The summed E-state index contributed by atoms with van der Waals surface area (Å²) >= 11 is 7.33. The molecule has 0 saturated heterocycles. The maximum atomic E-state index is 12.0. The zero-order valence-electron chi connectivity index (χ0n) is 14.7. The van der Waals surface area contributed by atoms with Gasteiger partial charge in [0, 0.05) is 18.4 Å². The Morgan fingerprint density at radius 3 is 2.44 bits per heavy atom. The molecule has 1 N–H and O–H groups in total. The standard InChI is InChI=1S/C18H21ClN2O3S/c1-10-8-14(9-11(2)16(10)19)24-7-5-6-15(23)21-18-20-12(3)17(25-18)13(4)22/h8-9H,5-7H2,1-4H3,(H,20,21,23). The smallest absolute Gasteiger partial charge is 0.226 e. The number of amides is 1. The predicted octanol–water partition coefficient (Wildman–Crippen LogP) is 4.72. The Hall–Kier alpha value is -1.92. The number of aryl methyl sites for hydroxylation is 3. The highest BCUT2D eigenvalue weighted by molar-refractivity contribution is 7.17. The summed E-state index contributed by atoms with van der Waals surface area (Å²) in [6.45, 7) is 7.54. The second kappa shape index (κ2) is 8.45. The number of hydrogen-bond acceptors (Lipinski definition) is 5. The van der Waals surface area contributed by atoms with Gasteiger partial charge in [0.2, 0.25) is 5.91 Å². The van der Waals surface area contributed by atoms with E-state index in [1.54, 1.807) is 6.92 Å². The van der Waals surface area contributed by atoms with E-state index in [0.717, 1.165) is 21.9 Å². The number of anilines is 1. The van der Waals surface area contributed by atoms with Crippen molar-refractivity contribution in [2.24, 2.45) is 0 Å². The highest BCUT2D eigenvalue weighted by Crippen LogP contribution is 2.26. The van der Waals surface area contributed by atoms with Crippen LogP contribution in [-0.2, 0) is 4.79 Å². The zero-order valence-corrected chi connectivity index (χ0v) is 16.3. The normalized spacial score (nSPS) is 10.6. The monoisotopic (exact) mass is 380 g/mol. The molecule has 0 unspecified atom stereocenters. The Labute approximate surface area is 156 Å². The molecule has 2 rings (SSSR count). The van der Waals surface area contributed by atoms with Gasteiger partial charge in [-0.05, 0) is 50.5 Å². The van der Waals surface area contributed by atoms with Gasteiger partial charge in [-0.1, -0.05) is 22.9 Å². The first-order valence-corrected chi connectivity index (χ1v) is 9.15. The summed E-state index contributed by atoms with van der Waals surface area (Å²) in [5, 5.41) is 3.93. The lowest BCUT2D eigenvalue weighted by molar-refractivity contribution is -0.116. The van der Waals surface area contributed by atoms with Gasteiger partial charge in [-0.3, -0.25) is 9.59 Å². The number of nitrogens with zero attached hydrogens (tertiary/aromatic N) is 1. The first kappa shape index (κ1) is 19.4. The van der Waals surface area contributed by atoms with Crippen LogP contribution in [0.4, 0.5) is 5.13 Å². The maximum Gasteiger partial charge on any atom is 0.226 e. The van der Waals surface area contributed by atoms with Crippen molar-refractivity contribution in [3.63, 3.8) is 0 Å². The predicted molar refractivity (Wildman–Crippen MR) is 101 cm³/mol. The van der Waals surface area contributed by atoms with Crippen LogP contribution >= 0.6 is 22.9 Å². The molecule has 1 aromatic carbocycles. The van der Waals surface area contributed by atoms with Crippen molar-refractivity contribution in [3.8, 4) is 5.75 Å². The number of Topliss-reactive ketones (excluding diaryl/α,β-unsaturated/α-hetero) is 1. The Kier molecular flexibility index (Phi) is 6.56. The third kappa shape index (κ3) is 5.28. The average Bonchev–Trinajstić information content (AvgIpc) is 2.89. The van der Waals surface area contributed by atoms with Crippen molar-refractivity contribution < 1.29 is 14.3 Å². The molecule has 0 aliphatic carbocycles. The van der Waals surface area contributed by atoms with E-state index in [1.165, 1.54) is 18.3 Å². The summed E-state index contributed by atoms with van der Waals surface area (Å²) < 4.78 is 5.68. The number of carbonyl (C=O) groups excluding carboxylic acids is 2. The molecule has 5 nitrogen and oxygen atoms in total. The van der Waals surface area contributed by atoms with Gasteiger partial charge in [0.15, 0.2) is 10.9 Å². The number of thiazole rings is 1. The van der Waals surface area contributed by atoms with Crippen LogP contribution in [-0.4, -0.2) is 23.3 Å². The molecule has 0 aliphatic rings. The van der Waals surface area contributed by atoms with Gasteiger partial charge < -0.3 is 10.1 Å². The van der Waals surface area contributed by atoms with Crippen LogP contribution in [0.3, 0.4) is 0 Å². The van der Waals surface area contributed by atoms with Gasteiger partial charge >= 0.3 is 0 Å². The highest BCUT2D eigenvalue weighted by Gasteiger charge is 2.13. The zero-order chi connectivity index (χ0) is 18.6. The van der Waals surface area contributed by atoms with Crippen LogP contribution in [0.2, 0.25) is 5.02 Å². The number of carbonyl (C=O) groups is 2. The molecule has 1 amide bonds. The Morgan fingerprint density at radius 1 is 1.24 bits per heavy atom. The molecular formula is C18H21ClN2O3S. The van der Waals surface area contributed by atoms with Crippen LogP contribution < -0.4 is 10.1 Å². The minimum Gasteiger partial charge on any atom is -0.494 e. The maximum absolute atomic E-state index is 12.0. The number of nitrogens with one attached hydrogen (secondary N) is 1. The van der Waals surface area contributed by atoms with E-state index < -0.39 is 0 Å². The second-order valence-electron chi connectivity index (χ2n) is 5.86. The van der Waals surface area contributed by atoms with Crippen LogP contribution in [0.25, 0.3) is 0 Å². The molecule has 0 radical (unpaired) electrons. The number of aromatic nitrogens is 1. The van der Waals surface area contributed by atoms with Gasteiger partial charge in [-0.25, -0.2) is 4.98 Å². The number of ether oxygens (including phenoxy) is 1. The van der Waals surface area contributed by atoms with E-state index in [9.17, 15) is 9.59 Å². The molecule has 0 fully saturated rings. The van der Waals surface area contributed by atoms with E-state index in [4.69, 9.17) is 16.3 Å². The molecule has 1 heterocycles. The molecule has 0 saturated carbocycles. The van der Waals surface area contributed by atoms with Gasteiger partial charge in [0.05, 0.1) is 17.2 Å². The number of benzene rings is 1. The molecule has 0 bridgehead atoms. The summed E-state index contributed by atoms with van der Waals surface area (Å²) in [6, 6.07) is 3.77. The van der Waals surface area contributed by atoms with E-state index in [0.29, 0.717) is 35.2 Å². The molecule has 0 atom stereocenters. The molecule has 0 aliphatic heterocycles. The fraction of sp³-hybridized carbons (Fsp3) is 0.389. The fourth-order valence-corrected chi connectivity index (χ4v) is 3.36. The largest absolute Gasteiger partial charge is 0.494 e. The summed E-state index contributed by atoms with van der Waals surface area (Å²) in [6.07, 6.45) is 0.899. The van der Waals surface area contributed by atoms with Gasteiger partial charge in [-0.2, -0.15) is 0 Å². The van der Waals surface area contributed by atoms with Crippen molar-refractivity contribution in [2.75, 3.05) is 11.9 Å². The van der Waals surface area contributed by atoms with Crippen LogP contribution in [0.15, 0.2) is 12.1 Å². The van der Waals surface area contributed by atoms with Crippen LogP contribution in [0.5, 0.6) is 5.75 Å². The lowest BCUT2D eigenvalue weighted by Crippen LogP contribution is -2.12. The molecule has 0 spiro atoms. The number of halogens is 1.